The molecule has 10 nitrogen and oxygen atoms in total. The minimum Gasteiger partial charge on any atom is -0.465 e. The van der Waals surface area contributed by atoms with Gasteiger partial charge in [-0.1, -0.05) is 12.1 Å². The van der Waals surface area contributed by atoms with Crippen LogP contribution >= 0.6 is 0 Å². The number of amides is 1. The van der Waals surface area contributed by atoms with Crippen molar-refractivity contribution in [1.29, 1.82) is 0 Å². The van der Waals surface area contributed by atoms with Crippen molar-refractivity contribution in [2.45, 2.75) is 16.7 Å². The maximum absolute atomic E-state index is 12.9. The smallest absolute Gasteiger partial charge is 0.337 e. The number of nitrogens with one attached hydrogen (secondary N) is 2. The summed E-state index contributed by atoms with van der Waals surface area (Å²) >= 11 is 0. The molecule has 0 radical (unpaired) electrons. The predicted octanol–water partition coefficient (Wildman–Crippen LogP) is 0.703. The molecular formula is C19H21N3O7S2. The normalized spacial score (nSPS) is 15.2. The van der Waals surface area contributed by atoms with E-state index in [-0.39, 0.29) is 40.7 Å². The molecule has 1 aliphatic heterocycles. The predicted molar refractivity (Wildman–Crippen MR) is 112 cm³/mol. The van der Waals surface area contributed by atoms with Crippen LogP contribution in [0.15, 0.2) is 52.3 Å². The van der Waals surface area contributed by atoms with Crippen molar-refractivity contribution >= 4 is 37.6 Å². The van der Waals surface area contributed by atoms with Gasteiger partial charge in [0, 0.05) is 13.1 Å². The number of nitrogens with zero attached hydrogens (tertiary/aromatic N) is 1. The lowest BCUT2D eigenvalue weighted by Crippen LogP contribution is -2.49. The van der Waals surface area contributed by atoms with E-state index >= 15 is 0 Å². The van der Waals surface area contributed by atoms with Crippen molar-refractivity contribution in [1.82, 2.24) is 9.62 Å². The quantitative estimate of drug-likeness (QED) is 0.596. The second-order valence-corrected chi connectivity index (χ2v) is 10.4. The number of anilines is 1. The van der Waals surface area contributed by atoms with Crippen LogP contribution in [-0.2, 0) is 29.6 Å². The standard InChI is InChI=1S/C19H21N3O7S2/c1-13-6-7-14(19(24)29-2)10-17(13)30(25,26)21-15-4-3-5-16(11-15)31(27,28)22-9-8-20-18(23)12-22/h3-7,10-11,21H,8-9,12H2,1-2H3,(H,20,23). The molecule has 1 aliphatic rings. The highest BCUT2D eigenvalue weighted by atomic mass is 32.2. The molecular weight excluding hydrogens is 446 g/mol. The van der Waals surface area contributed by atoms with Gasteiger partial charge >= 0.3 is 5.97 Å². The maximum Gasteiger partial charge on any atom is 0.337 e. The molecule has 2 N–H and O–H groups in total. The Morgan fingerprint density at radius 2 is 1.87 bits per heavy atom. The molecule has 1 fully saturated rings. The molecule has 1 heterocycles. The van der Waals surface area contributed by atoms with Crippen LogP contribution in [0.3, 0.4) is 0 Å². The van der Waals surface area contributed by atoms with Crippen LogP contribution in [0.1, 0.15) is 15.9 Å². The minimum atomic E-state index is -4.13. The zero-order valence-corrected chi connectivity index (χ0v) is 18.4. The van der Waals surface area contributed by atoms with E-state index in [1.807, 2.05) is 0 Å². The van der Waals surface area contributed by atoms with Gasteiger partial charge in [0.1, 0.15) is 0 Å². The molecule has 0 aliphatic carbocycles. The van der Waals surface area contributed by atoms with Crippen molar-refractivity contribution < 1.29 is 31.2 Å². The molecule has 1 amide bonds. The zero-order valence-electron chi connectivity index (χ0n) is 16.8. The Bertz CT molecular complexity index is 1240. The number of aryl methyl sites for hydroxylation is 1. The summed E-state index contributed by atoms with van der Waals surface area (Å²) in [4.78, 5) is 23.0. The number of hydrogen-bond acceptors (Lipinski definition) is 7. The largest absolute Gasteiger partial charge is 0.465 e. The SMILES string of the molecule is COC(=O)c1ccc(C)c(S(=O)(=O)Nc2cccc(S(=O)(=O)N3CCNC(=O)C3)c2)c1. The molecule has 12 heteroatoms. The number of carbonyl (C=O) groups excluding carboxylic acids is 2. The van der Waals surface area contributed by atoms with Gasteiger partial charge in [-0.2, -0.15) is 4.31 Å². The molecule has 0 unspecified atom stereocenters. The number of ether oxygens (including phenoxy) is 1. The van der Waals surface area contributed by atoms with Gasteiger partial charge in [0.15, 0.2) is 0 Å². The van der Waals surface area contributed by atoms with E-state index in [1.54, 1.807) is 6.92 Å². The van der Waals surface area contributed by atoms with E-state index in [4.69, 9.17) is 0 Å². The molecule has 2 aromatic carbocycles. The summed E-state index contributed by atoms with van der Waals surface area (Å²) in [5.41, 5.74) is 0.474. The molecule has 0 atom stereocenters. The fourth-order valence-electron chi connectivity index (χ4n) is 3.03. The molecule has 31 heavy (non-hydrogen) atoms. The molecule has 2 aromatic rings. The van der Waals surface area contributed by atoms with Crippen LogP contribution in [0.5, 0.6) is 0 Å². The highest BCUT2D eigenvalue weighted by Crippen LogP contribution is 2.24. The number of piperazine rings is 1. The monoisotopic (exact) mass is 467 g/mol. The summed E-state index contributed by atoms with van der Waals surface area (Å²) in [6.45, 7) is 1.57. The van der Waals surface area contributed by atoms with E-state index in [2.05, 4.69) is 14.8 Å². The van der Waals surface area contributed by atoms with Gasteiger partial charge < -0.3 is 10.1 Å². The first-order chi connectivity index (χ1) is 14.5. The van der Waals surface area contributed by atoms with Crippen LogP contribution in [0.25, 0.3) is 0 Å². The number of methoxy groups -OCH3 is 1. The Hall–Kier alpha value is -2.96. The Morgan fingerprint density at radius 3 is 2.55 bits per heavy atom. The van der Waals surface area contributed by atoms with Crippen molar-refractivity contribution in [3.05, 3.63) is 53.6 Å². The molecule has 166 valence electrons. The lowest BCUT2D eigenvalue weighted by atomic mass is 10.1. The summed E-state index contributed by atoms with van der Waals surface area (Å²) in [6.07, 6.45) is 0. The maximum atomic E-state index is 12.9. The first-order valence-electron chi connectivity index (χ1n) is 9.13. The van der Waals surface area contributed by atoms with Crippen LogP contribution < -0.4 is 10.0 Å². The van der Waals surface area contributed by atoms with E-state index < -0.39 is 31.9 Å². The number of esters is 1. The van der Waals surface area contributed by atoms with Gasteiger partial charge in [-0.3, -0.25) is 9.52 Å². The average molecular weight is 468 g/mol. The van der Waals surface area contributed by atoms with Gasteiger partial charge in [0.25, 0.3) is 10.0 Å². The van der Waals surface area contributed by atoms with Crippen LogP contribution in [-0.4, -0.2) is 59.8 Å². The van der Waals surface area contributed by atoms with E-state index in [9.17, 15) is 26.4 Å². The topological polar surface area (TPSA) is 139 Å². The first kappa shape index (κ1) is 22.7. The van der Waals surface area contributed by atoms with E-state index in [1.165, 1.54) is 49.6 Å². The van der Waals surface area contributed by atoms with Crippen molar-refractivity contribution in [2.75, 3.05) is 31.5 Å². The number of benzene rings is 2. The Labute approximate surface area is 180 Å². The number of hydrogen-bond donors (Lipinski definition) is 2. The summed E-state index contributed by atoms with van der Waals surface area (Å²) in [7, 11) is -6.94. The third-order valence-corrected chi connectivity index (χ3v) is 7.99. The highest BCUT2D eigenvalue weighted by Gasteiger charge is 2.29. The fourth-order valence-corrected chi connectivity index (χ4v) is 5.80. The van der Waals surface area contributed by atoms with Crippen LogP contribution in [0.2, 0.25) is 0 Å². The molecule has 0 spiro atoms. The Kier molecular flexibility index (Phi) is 6.34. The van der Waals surface area contributed by atoms with Crippen molar-refractivity contribution in [3.8, 4) is 0 Å². The van der Waals surface area contributed by atoms with Crippen LogP contribution in [0, 0.1) is 6.92 Å². The fraction of sp³-hybridized carbons (Fsp3) is 0.263. The molecule has 0 bridgehead atoms. The molecule has 0 aromatic heterocycles. The van der Waals surface area contributed by atoms with E-state index in [0.29, 0.717) is 5.56 Å². The van der Waals surface area contributed by atoms with E-state index in [0.717, 1.165) is 4.31 Å². The summed E-state index contributed by atoms with van der Waals surface area (Å²) < 4.78 is 59.5. The molecule has 3 rings (SSSR count). The summed E-state index contributed by atoms with van der Waals surface area (Å²) in [5.74, 6) is -1.09. The van der Waals surface area contributed by atoms with Gasteiger partial charge in [-0.05, 0) is 42.8 Å². The minimum absolute atomic E-state index is 0.0189. The molecule has 1 saturated heterocycles. The van der Waals surface area contributed by atoms with Crippen molar-refractivity contribution in [2.24, 2.45) is 0 Å². The third-order valence-electron chi connectivity index (χ3n) is 4.63. The summed E-state index contributed by atoms with van der Waals surface area (Å²) in [6, 6.07) is 9.41. The summed E-state index contributed by atoms with van der Waals surface area (Å²) in [5, 5.41) is 2.55. The Balaban J connectivity index is 1.92. The second kappa shape index (κ2) is 8.65. The Morgan fingerprint density at radius 1 is 1.13 bits per heavy atom. The highest BCUT2D eigenvalue weighted by molar-refractivity contribution is 7.92. The second-order valence-electron chi connectivity index (χ2n) is 6.79. The van der Waals surface area contributed by atoms with Crippen LogP contribution in [0.4, 0.5) is 5.69 Å². The number of carbonyl (C=O) groups is 2. The van der Waals surface area contributed by atoms with Gasteiger partial charge in [-0.25, -0.2) is 21.6 Å². The lowest BCUT2D eigenvalue weighted by molar-refractivity contribution is -0.122. The zero-order chi connectivity index (χ0) is 22.8. The lowest BCUT2D eigenvalue weighted by Gasteiger charge is -2.26. The van der Waals surface area contributed by atoms with Gasteiger partial charge in [-0.15, -0.1) is 0 Å². The first-order valence-corrected chi connectivity index (χ1v) is 12.1. The number of rotatable bonds is 6. The third kappa shape index (κ3) is 4.86. The van der Waals surface area contributed by atoms with Gasteiger partial charge in [0.05, 0.1) is 34.7 Å². The number of sulfonamides is 2. The van der Waals surface area contributed by atoms with Crippen molar-refractivity contribution in [3.63, 3.8) is 0 Å². The average Bonchev–Trinajstić information content (AvgIpc) is 2.73. The van der Waals surface area contributed by atoms with Gasteiger partial charge in [0.2, 0.25) is 15.9 Å². The molecule has 0 saturated carbocycles.